The third kappa shape index (κ3) is 1.27. The molecule has 3 heteroatoms. The molecule has 0 unspecified atom stereocenters. The zero-order valence-electron chi connectivity index (χ0n) is 7.13. The molecule has 0 saturated carbocycles. The van der Waals surface area contributed by atoms with E-state index in [9.17, 15) is 13.6 Å². The summed E-state index contributed by atoms with van der Waals surface area (Å²) < 4.78 is 26.2. The van der Waals surface area contributed by atoms with Crippen molar-refractivity contribution >= 4 is 17.1 Å². The number of fused-ring (bicyclic) bond motifs is 1. The number of carbonyl (C=O) groups excluding carboxylic acids is 1. The molecule has 0 N–H and O–H groups in total. The van der Waals surface area contributed by atoms with Gasteiger partial charge in [0, 0.05) is 5.39 Å². The molecule has 2 aromatic carbocycles. The Morgan fingerprint density at radius 2 is 1.79 bits per heavy atom. The maximum atomic E-state index is 13.5. The van der Waals surface area contributed by atoms with E-state index in [4.69, 9.17) is 0 Å². The molecule has 0 bridgehead atoms. The van der Waals surface area contributed by atoms with Gasteiger partial charge in [0.05, 0.1) is 5.56 Å². The van der Waals surface area contributed by atoms with Crippen molar-refractivity contribution in [3.05, 3.63) is 47.5 Å². The third-order valence-electron chi connectivity index (χ3n) is 2.07. The second-order valence-corrected chi connectivity index (χ2v) is 2.95. The summed E-state index contributed by atoms with van der Waals surface area (Å²) in [7, 11) is 0. The quantitative estimate of drug-likeness (QED) is 0.635. The fourth-order valence-electron chi connectivity index (χ4n) is 1.36. The monoisotopic (exact) mass is 192 g/mol. The van der Waals surface area contributed by atoms with Crippen molar-refractivity contribution in [2.75, 3.05) is 0 Å². The highest BCUT2D eigenvalue weighted by Gasteiger charge is 2.06. The smallest absolute Gasteiger partial charge is 0.153 e. The molecule has 0 aliphatic heterocycles. The van der Waals surface area contributed by atoms with Gasteiger partial charge in [-0.2, -0.15) is 0 Å². The summed E-state index contributed by atoms with van der Waals surface area (Å²) in [5, 5.41) is 0.712. The van der Waals surface area contributed by atoms with Gasteiger partial charge in [-0.3, -0.25) is 4.79 Å². The fraction of sp³-hybridized carbons (Fsp3) is 0. The van der Waals surface area contributed by atoms with Crippen LogP contribution in [0.25, 0.3) is 10.8 Å². The van der Waals surface area contributed by atoms with Crippen LogP contribution in [-0.2, 0) is 0 Å². The summed E-state index contributed by atoms with van der Waals surface area (Å²) in [6.07, 6.45) is 0.416. The van der Waals surface area contributed by atoms with Gasteiger partial charge in [0.25, 0.3) is 0 Å². The van der Waals surface area contributed by atoms with Crippen LogP contribution in [0.2, 0.25) is 0 Å². The van der Waals surface area contributed by atoms with E-state index < -0.39 is 11.6 Å². The lowest BCUT2D eigenvalue weighted by Crippen LogP contribution is -1.89. The van der Waals surface area contributed by atoms with E-state index in [1.807, 2.05) is 0 Å². The highest BCUT2D eigenvalue weighted by atomic mass is 19.1. The number of aldehydes is 1. The van der Waals surface area contributed by atoms with Gasteiger partial charge >= 0.3 is 0 Å². The van der Waals surface area contributed by atoms with Crippen molar-refractivity contribution in [2.24, 2.45) is 0 Å². The lowest BCUT2D eigenvalue weighted by molar-refractivity contribution is 0.112. The van der Waals surface area contributed by atoms with Crippen LogP contribution in [0.3, 0.4) is 0 Å². The largest absolute Gasteiger partial charge is 0.298 e. The molecule has 0 amide bonds. The molecular weight excluding hydrogens is 186 g/mol. The Balaban J connectivity index is 2.86. The first kappa shape index (κ1) is 8.81. The van der Waals surface area contributed by atoms with Crippen molar-refractivity contribution < 1.29 is 13.6 Å². The Labute approximate surface area is 79.0 Å². The normalized spacial score (nSPS) is 10.4. The second kappa shape index (κ2) is 3.18. The summed E-state index contributed by atoms with van der Waals surface area (Å²) >= 11 is 0. The van der Waals surface area contributed by atoms with Crippen LogP contribution >= 0.6 is 0 Å². The number of hydrogen-bond acceptors (Lipinski definition) is 1. The van der Waals surface area contributed by atoms with Crippen LogP contribution in [-0.4, -0.2) is 6.29 Å². The first-order valence-corrected chi connectivity index (χ1v) is 4.05. The van der Waals surface area contributed by atoms with E-state index in [-0.39, 0.29) is 10.9 Å². The minimum atomic E-state index is -0.669. The Morgan fingerprint density at radius 3 is 2.50 bits per heavy atom. The Kier molecular flexibility index (Phi) is 2.00. The Hall–Kier alpha value is -1.77. The van der Waals surface area contributed by atoms with Crippen LogP contribution in [0.15, 0.2) is 30.3 Å². The zero-order chi connectivity index (χ0) is 10.1. The number of rotatable bonds is 1. The van der Waals surface area contributed by atoms with E-state index in [1.54, 1.807) is 6.07 Å². The maximum Gasteiger partial charge on any atom is 0.153 e. The highest BCUT2D eigenvalue weighted by molar-refractivity contribution is 5.89. The van der Waals surface area contributed by atoms with Crippen molar-refractivity contribution in [1.82, 2.24) is 0 Å². The molecule has 0 atom stereocenters. The predicted octanol–water partition coefficient (Wildman–Crippen LogP) is 2.93. The molecule has 0 spiro atoms. The maximum absolute atomic E-state index is 13.5. The van der Waals surface area contributed by atoms with Crippen LogP contribution in [0.5, 0.6) is 0 Å². The van der Waals surface area contributed by atoms with Crippen LogP contribution < -0.4 is 0 Å². The number of carbonyl (C=O) groups is 1. The van der Waals surface area contributed by atoms with Gasteiger partial charge in [0.2, 0.25) is 0 Å². The number of halogens is 2. The van der Waals surface area contributed by atoms with Gasteiger partial charge in [-0.1, -0.05) is 12.1 Å². The van der Waals surface area contributed by atoms with Crippen molar-refractivity contribution in [1.29, 1.82) is 0 Å². The molecule has 0 aromatic heterocycles. The summed E-state index contributed by atoms with van der Waals surface area (Å²) in [6, 6.07) is 6.77. The summed E-state index contributed by atoms with van der Waals surface area (Å²) in [5.41, 5.74) is -0.0527. The van der Waals surface area contributed by atoms with Gasteiger partial charge in [-0.05, 0) is 23.6 Å². The minimum Gasteiger partial charge on any atom is -0.298 e. The van der Waals surface area contributed by atoms with Gasteiger partial charge in [0.15, 0.2) is 6.29 Å². The molecule has 0 aliphatic rings. The van der Waals surface area contributed by atoms with Gasteiger partial charge in [-0.15, -0.1) is 0 Å². The van der Waals surface area contributed by atoms with Gasteiger partial charge < -0.3 is 0 Å². The number of benzene rings is 2. The van der Waals surface area contributed by atoms with E-state index in [0.29, 0.717) is 11.7 Å². The van der Waals surface area contributed by atoms with E-state index in [2.05, 4.69) is 0 Å². The molecule has 2 aromatic rings. The molecule has 0 heterocycles. The van der Waals surface area contributed by atoms with E-state index in [1.165, 1.54) is 18.2 Å². The molecular formula is C11H6F2O. The van der Waals surface area contributed by atoms with Crippen LogP contribution in [0, 0.1) is 11.6 Å². The summed E-state index contributed by atoms with van der Waals surface area (Å²) in [5.74, 6) is -1.18. The molecule has 14 heavy (non-hydrogen) atoms. The Morgan fingerprint density at radius 1 is 1.07 bits per heavy atom. The van der Waals surface area contributed by atoms with Gasteiger partial charge in [-0.25, -0.2) is 8.78 Å². The molecule has 0 aliphatic carbocycles. The number of hydrogen-bond donors (Lipinski definition) is 0. The van der Waals surface area contributed by atoms with E-state index in [0.717, 1.165) is 6.07 Å². The summed E-state index contributed by atoms with van der Waals surface area (Å²) in [6.45, 7) is 0. The first-order chi connectivity index (χ1) is 6.72. The second-order valence-electron chi connectivity index (χ2n) is 2.95. The molecule has 2 rings (SSSR count). The average Bonchev–Trinajstić information content (AvgIpc) is 2.20. The van der Waals surface area contributed by atoms with Gasteiger partial charge in [0.1, 0.15) is 11.6 Å². The average molecular weight is 192 g/mol. The van der Waals surface area contributed by atoms with Crippen molar-refractivity contribution in [3.8, 4) is 0 Å². The van der Waals surface area contributed by atoms with E-state index >= 15 is 0 Å². The highest BCUT2D eigenvalue weighted by Crippen LogP contribution is 2.21. The molecule has 1 nitrogen and oxygen atoms in total. The van der Waals surface area contributed by atoms with Crippen molar-refractivity contribution in [3.63, 3.8) is 0 Å². The lowest BCUT2D eigenvalue weighted by atomic mass is 10.1. The van der Waals surface area contributed by atoms with Crippen molar-refractivity contribution in [2.45, 2.75) is 0 Å². The molecule has 0 saturated heterocycles. The third-order valence-corrected chi connectivity index (χ3v) is 2.07. The lowest BCUT2D eigenvalue weighted by Gasteiger charge is -2.01. The van der Waals surface area contributed by atoms with Crippen LogP contribution in [0.4, 0.5) is 8.78 Å². The molecule has 70 valence electrons. The first-order valence-electron chi connectivity index (χ1n) is 4.05. The Bertz CT molecular complexity index is 506. The molecule has 0 fully saturated rings. The molecule has 0 radical (unpaired) electrons. The predicted molar refractivity (Wildman–Crippen MR) is 49.3 cm³/mol. The standard InChI is InChI=1S/C11H6F2O/c12-9-4-3-7-1-2-8(6-14)11(13)10(7)5-9/h1-6H. The zero-order valence-corrected chi connectivity index (χ0v) is 7.13. The minimum absolute atomic E-state index is 0.0527. The van der Waals surface area contributed by atoms with Crippen LogP contribution in [0.1, 0.15) is 10.4 Å². The SMILES string of the molecule is O=Cc1ccc2ccc(F)cc2c1F. The summed E-state index contributed by atoms with van der Waals surface area (Å²) in [4.78, 5) is 10.4. The topological polar surface area (TPSA) is 17.1 Å². The fourth-order valence-corrected chi connectivity index (χ4v) is 1.36.